The highest BCUT2D eigenvalue weighted by atomic mass is 16.4. The van der Waals surface area contributed by atoms with Gasteiger partial charge in [-0.25, -0.2) is 0 Å². The molecule has 3 fully saturated rings. The van der Waals surface area contributed by atoms with Crippen molar-refractivity contribution >= 4 is 11.8 Å². The van der Waals surface area contributed by atoms with Crippen LogP contribution < -0.4 is 0 Å². The number of hydrogen-bond acceptors (Lipinski definition) is 2. The lowest BCUT2D eigenvalue weighted by Gasteiger charge is -2.58. The Bertz CT molecular complexity index is 606. The Kier molecular flexibility index (Phi) is 3.71. The summed E-state index contributed by atoms with van der Waals surface area (Å²) in [6.45, 7) is 4.61. The Morgan fingerprint density at radius 3 is 2.67 bits per heavy atom. The number of rotatable bonds is 2. The number of hydrogen-bond donors (Lipinski definition) is 1. The van der Waals surface area contributed by atoms with Gasteiger partial charge in [0, 0.05) is 6.42 Å². The van der Waals surface area contributed by atoms with Crippen LogP contribution in [0.3, 0.4) is 0 Å². The molecule has 3 saturated carbocycles. The van der Waals surface area contributed by atoms with Crippen molar-refractivity contribution in [3.8, 4) is 0 Å². The summed E-state index contributed by atoms with van der Waals surface area (Å²) in [4.78, 5) is 23.7. The van der Waals surface area contributed by atoms with E-state index in [4.69, 9.17) is 0 Å². The zero-order valence-electron chi connectivity index (χ0n) is 15.0. The number of aliphatic carboxylic acids is 1. The van der Waals surface area contributed by atoms with Gasteiger partial charge >= 0.3 is 5.97 Å². The summed E-state index contributed by atoms with van der Waals surface area (Å²) in [5.74, 6) is 1.51. The van der Waals surface area contributed by atoms with E-state index in [0.717, 1.165) is 51.4 Å². The maximum absolute atomic E-state index is 11.9. The summed E-state index contributed by atoms with van der Waals surface area (Å²) in [6, 6.07) is 0. The van der Waals surface area contributed by atoms with Crippen molar-refractivity contribution in [3.63, 3.8) is 0 Å². The highest BCUT2D eigenvalue weighted by Gasteiger charge is 2.61. The fourth-order valence-corrected chi connectivity index (χ4v) is 7.42. The van der Waals surface area contributed by atoms with Gasteiger partial charge in [-0.15, -0.1) is 0 Å². The quantitative estimate of drug-likeness (QED) is 0.804. The lowest BCUT2D eigenvalue weighted by Crippen LogP contribution is -2.51. The van der Waals surface area contributed by atoms with Crippen LogP contribution in [0.4, 0.5) is 0 Å². The largest absolute Gasteiger partial charge is 0.481 e. The van der Waals surface area contributed by atoms with Gasteiger partial charge in [0.05, 0.1) is 5.92 Å². The first kappa shape index (κ1) is 16.4. The topological polar surface area (TPSA) is 54.4 Å². The van der Waals surface area contributed by atoms with Gasteiger partial charge in [-0.3, -0.25) is 9.59 Å². The van der Waals surface area contributed by atoms with Gasteiger partial charge < -0.3 is 5.11 Å². The third kappa shape index (κ3) is 2.02. The van der Waals surface area contributed by atoms with Crippen molar-refractivity contribution in [1.29, 1.82) is 0 Å². The van der Waals surface area contributed by atoms with Crippen molar-refractivity contribution in [3.05, 3.63) is 11.6 Å². The minimum atomic E-state index is -0.566. The normalized spacial score (nSPS) is 47.4. The third-order valence-electron chi connectivity index (χ3n) is 8.63. The molecule has 0 aromatic rings. The second-order valence-corrected chi connectivity index (χ2v) is 9.06. The van der Waals surface area contributed by atoms with E-state index in [1.165, 1.54) is 5.57 Å². The molecule has 132 valence electrons. The van der Waals surface area contributed by atoms with E-state index in [2.05, 4.69) is 13.8 Å². The first-order valence-corrected chi connectivity index (χ1v) is 9.89. The number of carbonyl (C=O) groups is 2. The van der Waals surface area contributed by atoms with E-state index >= 15 is 0 Å². The van der Waals surface area contributed by atoms with Crippen LogP contribution in [0.15, 0.2) is 11.6 Å². The summed E-state index contributed by atoms with van der Waals surface area (Å²) in [6.07, 6.45) is 11.1. The van der Waals surface area contributed by atoms with E-state index in [1.54, 1.807) is 0 Å². The fourth-order valence-electron chi connectivity index (χ4n) is 7.42. The Balaban J connectivity index is 1.69. The monoisotopic (exact) mass is 330 g/mol. The molecule has 0 unspecified atom stereocenters. The molecular weight excluding hydrogens is 300 g/mol. The second kappa shape index (κ2) is 5.44. The summed E-state index contributed by atoms with van der Waals surface area (Å²) in [7, 11) is 0. The molecule has 3 heteroatoms. The molecule has 0 aromatic heterocycles. The van der Waals surface area contributed by atoms with Crippen molar-refractivity contribution in [2.45, 2.75) is 71.6 Å². The Labute approximate surface area is 144 Å². The van der Waals surface area contributed by atoms with E-state index in [9.17, 15) is 14.7 Å². The summed E-state index contributed by atoms with van der Waals surface area (Å²) in [5.41, 5.74) is 1.63. The number of allylic oxidation sites excluding steroid dienone is 1. The number of carbonyl (C=O) groups excluding carboxylic acids is 1. The van der Waals surface area contributed by atoms with Crippen LogP contribution in [-0.4, -0.2) is 16.9 Å². The van der Waals surface area contributed by atoms with Crippen LogP contribution in [0.5, 0.6) is 0 Å². The van der Waals surface area contributed by atoms with Gasteiger partial charge in [0.15, 0.2) is 5.78 Å². The molecule has 1 N–H and O–H groups in total. The van der Waals surface area contributed by atoms with E-state index in [1.807, 2.05) is 6.08 Å². The molecule has 0 aliphatic heterocycles. The lowest BCUT2D eigenvalue weighted by atomic mass is 9.46. The van der Waals surface area contributed by atoms with Gasteiger partial charge in [0.25, 0.3) is 0 Å². The molecule has 0 spiro atoms. The van der Waals surface area contributed by atoms with Crippen LogP contribution in [0.2, 0.25) is 0 Å². The van der Waals surface area contributed by atoms with Crippen molar-refractivity contribution < 1.29 is 14.7 Å². The molecule has 3 nitrogen and oxygen atoms in total. The molecular formula is C21H30O3. The smallest absolute Gasteiger partial charge is 0.307 e. The number of ketones is 1. The molecule has 0 saturated heterocycles. The Hall–Kier alpha value is -1.12. The predicted octanol–water partition coefficient (Wildman–Crippen LogP) is 4.61. The standard InChI is InChI=1S/C21H30O3/c1-3-21-11-9-16-15(17(21)6-7-18(21)19(23)24)5-4-13-12-14(22)8-10-20(13,16)2/h12,15-18H,3-11H2,1-2H3,(H,23,24)/t15-,16+,17+,18-,20+,21+/m1/s1. The molecule has 4 aliphatic rings. The first-order valence-electron chi connectivity index (χ1n) is 9.89. The highest BCUT2D eigenvalue weighted by Crippen LogP contribution is 2.67. The molecule has 4 aliphatic carbocycles. The number of carboxylic acids is 1. The van der Waals surface area contributed by atoms with E-state index < -0.39 is 5.97 Å². The summed E-state index contributed by atoms with van der Waals surface area (Å²) < 4.78 is 0. The summed E-state index contributed by atoms with van der Waals surface area (Å²) in [5, 5.41) is 9.77. The van der Waals surface area contributed by atoms with Gasteiger partial charge in [-0.1, -0.05) is 19.4 Å². The zero-order valence-corrected chi connectivity index (χ0v) is 15.0. The van der Waals surface area contributed by atoms with Gasteiger partial charge in [-0.2, -0.15) is 0 Å². The Morgan fingerprint density at radius 1 is 1.17 bits per heavy atom. The SMILES string of the molecule is CC[C@]12CC[C@H]3[C@@H](CCC4=CC(=O)CC[C@@]43C)[C@@H]1CC[C@@H]2C(=O)O. The van der Waals surface area contributed by atoms with E-state index in [-0.39, 0.29) is 16.7 Å². The molecule has 0 radical (unpaired) electrons. The fraction of sp³-hybridized carbons (Fsp3) is 0.810. The first-order chi connectivity index (χ1) is 11.4. The third-order valence-corrected chi connectivity index (χ3v) is 8.63. The van der Waals surface area contributed by atoms with Gasteiger partial charge in [0.1, 0.15) is 0 Å². The molecule has 4 rings (SSSR count). The molecule has 0 bridgehead atoms. The second-order valence-electron chi connectivity index (χ2n) is 9.06. The van der Waals surface area contributed by atoms with Crippen molar-refractivity contribution in [2.75, 3.05) is 0 Å². The Morgan fingerprint density at radius 2 is 1.96 bits per heavy atom. The van der Waals surface area contributed by atoms with E-state index in [0.29, 0.717) is 30.0 Å². The highest BCUT2D eigenvalue weighted by molar-refractivity contribution is 5.91. The average molecular weight is 330 g/mol. The van der Waals surface area contributed by atoms with Crippen LogP contribution >= 0.6 is 0 Å². The van der Waals surface area contributed by atoms with Gasteiger partial charge in [-0.05, 0) is 86.0 Å². The average Bonchev–Trinajstić information content (AvgIpc) is 2.95. The molecule has 6 atom stereocenters. The lowest BCUT2D eigenvalue weighted by molar-refractivity contribution is -0.150. The van der Waals surface area contributed by atoms with Crippen LogP contribution in [0.25, 0.3) is 0 Å². The molecule has 0 aromatic carbocycles. The maximum atomic E-state index is 11.9. The summed E-state index contributed by atoms with van der Waals surface area (Å²) >= 11 is 0. The molecule has 0 heterocycles. The van der Waals surface area contributed by atoms with Crippen molar-refractivity contribution in [2.24, 2.45) is 34.5 Å². The minimum Gasteiger partial charge on any atom is -0.481 e. The zero-order chi connectivity index (χ0) is 17.1. The van der Waals surface area contributed by atoms with Crippen LogP contribution in [0.1, 0.15) is 71.6 Å². The van der Waals surface area contributed by atoms with Crippen LogP contribution in [-0.2, 0) is 9.59 Å². The van der Waals surface area contributed by atoms with Crippen molar-refractivity contribution in [1.82, 2.24) is 0 Å². The van der Waals surface area contributed by atoms with Gasteiger partial charge in [0.2, 0.25) is 0 Å². The maximum Gasteiger partial charge on any atom is 0.307 e. The minimum absolute atomic E-state index is 0.0368. The predicted molar refractivity (Wildman–Crippen MR) is 92.5 cm³/mol. The number of fused-ring (bicyclic) bond motifs is 5. The van der Waals surface area contributed by atoms with Crippen LogP contribution in [0, 0.1) is 34.5 Å². The molecule has 0 amide bonds. The number of carboxylic acid groups (broad SMARTS) is 1. The molecule has 24 heavy (non-hydrogen) atoms.